The molecular weight excluding hydrogens is 240 g/mol. The molecule has 3 atom stereocenters. The monoisotopic (exact) mass is 258 g/mol. The molecule has 0 spiro atoms. The summed E-state index contributed by atoms with van der Waals surface area (Å²) in [5.41, 5.74) is -0.237. The zero-order valence-electron chi connectivity index (χ0n) is 11.3. The normalized spacial score (nSPS) is 35.6. The molecule has 3 nitrogen and oxygen atoms in total. The molecule has 100 valence electrons. The van der Waals surface area contributed by atoms with E-state index in [1.807, 2.05) is 36.4 Å². The molecule has 0 N–H and O–H groups in total. The van der Waals surface area contributed by atoms with Crippen molar-refractivity contribution < 1.29 is 14.3 Å². The molecule has 2 aliphatic rings. The predicted octanol–water partition coefficient (Wildman–Crippen LogP) is 2.67. The van der Waals surface area contributed by atoms with Crippen molar-refractivity contribution in [3.8, 4) is 0 Å². The quantitative estimate of drug-likeness (QED) is 0.617. The summed E-state index contributed by atoms with van der Waals surface area (Å²) in [6.45, 7) is 0. The van der Waals surface area contributed by atoms with Crippen molar-refractivity contribution >= 4 is 5.97 Å². The number of hydrogen-bond donors (Lipinski definition) is 0. The molecule has 2 aliphatic carbocycles. The molecule has 19 heavy (non-hydrogen) atoms. The topological polar surface area (TPSA) is 35.5 Å². The maximum Gasteiger partial charge on any atom is 0.319 e. The average Bonchev–Trinajstić information content (AvgIpc) is 2.99. The van der Waals surface area contributed by atoms with Crippen molar-refractivity contribution in [3.05, 3.63) is 48.0 Å². The Balaban J connectivity index is 2.19. The lowest BCUT2D eigenvalue weighted by Gasteiger charge is -2.40. The van der Waals surface area contributed by atoms with Crippen LogP contribution in [0, 0.1) is 11.3 Å². The van der Waals surface area contributed by atoms with Gasteiger partial charge in [0.1, 0.15) is 11.0 Å². The van der Waals surface area contributed by atoms with E-state index in [2.05, 4.69) is 6.08 Å². The van der Waals surface area contributed by atoms with Gasteiger partial charge in [-0.15, -0.1) is 0 Å². The third kappa shape index (κ3) is 1.34. The molecule has 2 bridgehead atoms. The Morgan fingerprint density at radius 1 is 1.26 bits per heavy atom. The zero-order valence-corrected chi connectivity index (χ0v) is 11.3. The summed E-state index contributed by atoms with van der Waals surface area (Å²) in [4.78, 5) is 12.4. The van der Waals surface area contributed by atoms with E-state index in [9.17, 15) is 4.79 Å². The third-order valence-electron chi connectivity index (χ3n) is 4.72. The number of fused-ring (bicyclic) bond motifs is 2. The Morgan fingerprint density at radius 2 is 2.00 bits per heavy atom. The Bertz CT molecular complexity index is 522. The number of methoxy groups -OCH3 is 2. The van der Waals surface area contributed by atoms with Gasteiger partial charge in [-0.3, -0.25) is 4.79 Å². The predicted molar refractivity (Wildman–Crippen MR) is 71.4 cm³/mol. The van der Waals surface area contributed by atoms with Crippen LogP contribution in [0.15, 0.2) is 42.5 Å². The van der Waals surface area contributed by atoms with Crippen LogP contribution in [0.3, 0.4) is 0 Å². The molecule has 0 radical (unpaired) electrons. The number of ether oxygens (including phenoxy) is 2. The van der Waals surface area contributed by atoms with Gasteiger partial charge in [0.05, 0.1) is 7.11 Å². The number of carbonyl (C=O) groups is 1. The Labute approximate surface area is 113 Å². The molecular formula is C16H18O3. The lowest BCUT2D eigenvalue weighted by atomic mass is 9.71. The maximum atomic E-state index is 12.4. The van der Waals surface area contributed by atoms with Crippen molar-refractivity contribution in [2.75, 3.05) is 14.2 Å². The molecule has 0 aromatic heterocycles. The Kier molecular flexibility index (Phi) is 2.75. The van der Waals surface area contributed by atoms with E-state index in [0.29, 0.717) is 0 Å². The Morgan fingerprint density at radius 3 is 2.53 bits per heavy atom. The number of esters is 1. The summed E-state index contributed by atoms with van der Waals surface area (Å²) in [6.07, 6.45) is 5.83. The van der Waals surface area contributed by atoms with Crippen LogP contribution in [0.4, 0.5) is 0 Å². The van der Waals surface area contributed by atoms with Crippen LogP contribution < -0.4 is 0 Å². The van der Waals surface area contributed by atoms with E-state index < -0.39 is 11.0 Å². The molecule has 0 heterocycles. The number of carbonyl (C=O) groups excluding carboxylic acids is 1. The van der Waals surface area contributed by atoms with Gasteiger partial charge in [-0.2, -0.15) is 0 Å². The van der Waals surface area contributed by atoms with Gasteiger partial charge in [-0.25, -0.2) is 0 Å². The molecule has 0 aliphatic heterocycles. The van der Waals surface area contributed by atoms with E-state index in [1.54, 1.807) is 7.11 Å². The minimum Gasteiger partial charge on any atom is -0.468 e. The summed E-state index contributed by atoms with van der Waals surface area (Å²) < 4.78 is 11.0. The molecule has 1 aromatic rings. The first-order valence-electron chi connectivity index (χ1n) is 6.60. The lowest BCUT2D eigenvalue weighted by Crippen LogP contribution is -2.48. The molecule has 3 rings (SSSR count). The van der Waals surface area contributed by atoms with Crippen molar-refractivity contribution in [1.29, 1.82) is 0 Å². The Hall–Kier alpha value is -1.61. The highest BCUT2D eigenvalue weighted by Crippen LogP contribution is 2.63. The second-order valence-electron chi connectivity index (χ2n) is 5.27. The molecule has 1 fully saturated rings. The SMILES string of the molecule is COC(=O)C12C=CC(CC1)C2(OC)c1ccccc1. The van der Waals surface area contributed by atoms with Crippen LogP contribution in [0.1, 0.15) is 18.4 Å². The molecule has 3 unspecified atom stereocenters. The van der Waals surface area contributed by atoms with Crippen LogP contribution in [0.25, 0.3) is 0 Å². The van der Waals surface area contributed by atoms with Crippen molar-refractivity contribution in [2.45, 2.75) is 18.4 Å². The molecule has 1 saturated carbocycles. The first kappa shape index (κ1) is 12.4. The van der Waals surface area contributed by atoms with Gasteiger partial charge in [0.15, 0.2) is 0 Å². The average molecular weight is 258 g/mol. The van der Waals surface area contributed by atoms with E-state index >= 15 is 0 Å². The molecule has 0 saturated heterocycles. The van der Waals surface area contributed by atoms with E-state index in [0.717, 1.165) is 18.4 Å². The number of hydrogen-bond acceptors (Lipinski definition) is 3. The van der Waals surface area contributed by atoms with Gasteiger partial charge < -0.3 is 9.47 Å². The van der Waals surface area contributed by atoms with E-state index in [4.69, 9.17) is 9.47 Å². The fraction of sp³-hybridized carbons (Fsp3) is 0.438. The number of benzene rings is 1. The lowest BCUT2D eigenvalue weighted by molar-refractivity contribution is -0.168. The van der Waals surface area contributed by atoms with Crippen molar-refractivity contribution in [2.24, 2.45) is 11.3 Å². The van der Waals surface area contributed by atoms with E-state index in [-0.39, 0.29) is 11.9 Å². The van der Waals surface area contributed by atoms with Gasteiger partial charge >= 0.3 is 5.97 Å². The minimum absolute atomic E-state index is 0.200. The zero-order chi connectivity index (χ0) is 13.5. The van der Waals surface area contributed by atoms with Gasteiger partial charge in [-0.05, 0) is 18.4 Å². The van der Waals surface area contributed by atoms with Gasteiger partial charge in [0.2, 0.25) is 0 Å². The highest BCUT2D eigenvalue weighted by atomic mass is 16.5. The third-order valence-corrected chi connectivity index (χ3v) is 4.72. The van der Waals surface area contributed by atoms with Crippen LogP contribution in [0.2, 0.25) is 0 Å². The van der Waals surface area contributed by atoms with Crippen LogP contribution in [-0.4, -0.2) is 20.2 Å². The fourth-order valence-electron chi connectivity index (χ4n) is 3.93. The second-order valence-corrected chi connectivity index (χ2v) is 5.27. The first-order valence-corrected chi connectivity index (χ1v) is 6.60. The first-order chi connectivity index (χ1) is 9.21. The largest absolute Gasteiger partial charge is 0.468 e. The summed E-state index contributed by atoms with van der Waals surface area (Å²) >= 11 is 0. The molecule has 1 aromatic carbocycles. The standard InChI is InChI=1S/C16H18O3/c1-18-14(17)15-10-8-13(9-11-15)16(15,19-2)12-6-4-3-5-7-12/h3-8,10,13H,9,11H2,1-2H3. The van der Waals surface area contributed by atoms with Gasteiger partial charge in [-0.1, -0.05) is 42.5 Å². The summed E-state index contributed by atoms with van der Waals surface area (Å²) in [7, 11) is 3.14. The van der Waals surface area contributed by atoms with Crippen LogP contribution >= 0.6 is 0 Å². The maximum absolute atomic E-state index is 12.4. The van der Waals surface area contributed by atoms with Crippen molar-refractivity contribution in [1.82, 2.24) is 0 Å². The summed E-state index contributed by atoms with van der Waals surface area (Å²) in [5.74, 6) is 0.0356. The van der Waals surface area contributed by atoms with E-state index in [1.165, 1.54) is 7.11 Å². The second kappa shape index (κ2) is 4.20. The summed E-state index contributed by atoms with van der Waals surface area (Å²) in [6, 6.07) is 10.0. The van der Waals surface area contributed by atoms with Crippen LogP contribution in [-0.2, 0) is 19.9 Å². The molecule has 0 amide bonds. The highest BCUT2D eigenvalue weighted by molar-refractivity contribution is 5.83. The smallest absolute Gasteiger partial charge is 0.319 e. The number of rotatable bonds is 3. The molecule has 3 heteroatoms. The van der Waals surface area contributed by atoms with Gasteiger partial charge in [0, 0.05) is 13.0 Å². The van der Waals surface area contributed by atoms with Crippen LogP contribution in [0.5, 0.6) is 0 Å². The highest BCUT2D eigenvalue weighted by Gasteiger charge is 2.67. The van der Waals surface area contributed by atoms with Crippen molar-refractivity contribution in [3.63, 3.8) is 0 Å². The summed E-state index contributed by atoms with van der Waals surface area (Å²) in [5, 5.41) is 0. The van der Waals surface area contributed by atoms with Gasteiger partial charge in [0.25, 0.3) is 0 Å². The minimum atomic E-state index is -0.678. The fourth-order valence-corrected chi connectivity index (χ4v) is 3.93.